The zero-order valence-corrected chi connectivity index (χ0v) is 11.1. The molecule has 0 bridgehead atoms. The van der Waals surface area contributed by atoms with E-state index in [0.29, 0.717) is 11.9 Å². The second-order valence-corrected chi connectivity index (χ2v) is 5.46. The normalized spacial score (nSPS) is 12.8. The number of hydrogen-bond donors (Lipinski definition) is 1. The van der Waals surface area contributed by atoms with Crippen molar-refractivity contribution in [1.82, 2.24) is 10.2 Å². The average molecular weight is 280 g/mol. The van der Waals surface area contributed by atoms with Gasteiger partial charge in [-0.25, -0.2) is 0 Å². The second kappa shape index (κ2) is 4.59. The Hall–Kier alpha value is -1.59. The number of halogens is 1. The highest BCUT2D eigenvalue weighted by molar-refractivity contribution is 7.17. The molecule has 0 saturated heterocycles. The number of hydrogen-bond acceptors (Lipinski definition) is 5. The minimum atomic E-state index is -0.285. The fourth-order valence-corrected chi connectivity index (χ4v) is 2.47. The van der Waals surface area contributed by atoms with Crippen molar-refractivity contribution >= 4 is 44.7 Å². The van der Waals surface area contributed by atoms with Crippen molar-refractivity contribution in [3.05, 3.63) is 35.5 Å². The maximum Gasteiger partial charge on any atom is 0.320 e. The van der Waals surface area contributed by atoms with E-state index < -0.39 is 0 Å². The summed E-state index contributed by atoms with van der Waals surface area (Å²) in [6.07, 6.45) is 0. The predicted molar refractivity (Wildman–Crippen MR) is 73.7 cm³/mol. The molecule has 2 heterocycles. The summed E-state index contributed by atoms with van der Waals surface area (Å²) in [7, 11) is 0. The lowest BCUT2D eigenvalue weighted by atomic mass is 10.2. The van der Waals surface area contributed by atoms with Crippen LogP contribution < -0.4 is 5.32 Å². The standard InChI is InChI=1S/C12H10ClN3OS/c1-7(13)11-15-16-12(17-11)14-9-2-3-10-8(6-9)4-5-18-10/h2-7H,1H3,(H,14,16). The molecule has 1 atom stereocenters. The minimum absolute atomic E-state index is 0.285. The number of thiophene rings is 1. The molecule has 0 fully saturated rings. The van der Waals surface area contributed by atoms with Crippen molar-refractivity contribution < 1.29 is 4.42 Å². The summed E-state index contributed by atoms with van der Waals surface area (Å²) >= 11 is 7.57. The van der Waals surface area contributed by atoms with E-state index in [1.165, 1.54) is 10.1 Å². The molecule has 1 unspecified atom stereocenters. The molecule has 1 N–H and O–H groups in total. The van der Waals surface area contributed by atoms with Crippen LogP contribution in [0.4, 0.5) is 11.7 Å². The molecule has 0 aliphatic carbocycles. The van der Waals surface area contributed by atoms with Crippen LogP contribution in [-0.4, -0.2) is 10.2 Å². The monoisotopic (exact) mass is 279 g/mol. The lowest BCUT2D eigenvalue weighted by Crippen LogP contribution is -1.89. The average Bonchev–Trinajstić information content (AvgIpc) is 2.96. The molecule has 0 radical (unpaired) electrons. The molecule has 0 aliphatic rings. The first kappa shape index (κ1) is 11.5. The number of fused-ring (bicyclic) bond motifs is 1. The fourth-order valence-electron chi connectivity index (χ4n) is 1.61. The molecule has 92 valence electrons. The lowest BCUT2D eigenvalue weighted by molar-refractivity contribution is 0.510. The van der Waals surface area contributed by atoms with Gasteiger partial charge < -0.3 is 9.73 Å². The van der Waals surface area contributed by atoms with Gasteiger partial charge in [0, 0.05) is 10.4 Å². The zero-order chi connectivity index (χ0) is 12.5. The Labute approximate surface area is 113 Å². The first-order valence-electron chi connectivity index (χ1n) is 5.44. The van der Waals surface area contributed by atoms with E-state index in [1.54, 1.807) is 18.3 Å². The van der Waals surface area contributed by atoms with Crippen molar-refractivity contribution in [3.63, 3.8) is 0 Å². The lowest BCUT2D eigenvalue weighted by Gasteiger charge is -2.01. The number of nitrogens with zero attached hydrogens (tertiary/aromatic N) is 2. The van der Waals surface area contributed by atoms with E-state index >= 15 is 0 Å². The van der Waals surface area contributed by atoms with Crippen molar-refractivity contribution in [2.75, 3.05) is 5.32 Å². The highest BCUT2D eigenvalue weighted by Crippen LogP contribution is 2.26. The molecule has 0 aliphatic heterocycles. The maximum absolute atomic E-state index is 5.86. The van der Waals surface area contributed by atoms with E-state index in [0.717, 1.165) is 5.69 Å². The first-order valence-corrected chi connectivity index (χ1v) is 6.76. The molecule has 18 heavy (non-hydrogen) atoms. The number of benzene rings is 1. The summed E-state index contributed by atoms with van der Waals surface area (Å²) in [6.45, 7) is 1.79. The Morgan fingerprint density at radius 2 is 2.22 bits per heavy atom. The zero-order valence-electron chi connectivity index (χ0n) is 9.55. The van der Waals surface area contributed by atoms with E-state index in [9.17, 15) is 0 Å². The molecule has 4 nitrogen and oxygen atoms in total. The maximum atomic E-state index is 5.86. The molecular formula is C12H10ClN3OS. The van der Waals surface area contributed by atoms with Gasteiger partial charge in [0.25, 0.3) is 0 Å². The molecule has 3 aromatic rings. The van der Waals surface area contributed by atoms with Gasteiger partial charge in [0.05, 0.1) is 0 Å². The third kappa shape index (κ3) is 2.19. The Morgan fingerprint density at radius 3 is 3.00 bits per heavy atom. The quantitative estimate of drug-likeness (QED) is 0.725. The second-order valence-electron chi connectivity index (χ2n) is 3.86. The van der Waals surface area contributed by atoms with Crippen LogP contribution in [0, 0.1) is 0 Å². The highest BCUT2D eigenvalue weighted by atomic mass is 35.5. The number of rotatable bonds is 3. The Morgan fingerprint density at radius 1 is 1.33 bits per heavy atom. The number of alkyl halides is 1. The number of anilines is 2. The summed E-state index contributed by atoms with van der Waals surface area (Å²) in [5.74, 6) is 0.413. The summed E-state index contributed by atoms with van der Waals surface area (Å²) in [5.41, 5.74) is 0.915. The Balaban J connectivity index is 1.86. The highest BCUT2D eigenvalue weighted by Gasteiger charge is 2.11. The SMILES string of the molecule is CC(Cl)c1nnc(Nc2ccc3sccc3c2)o1. The molecule has 0 spiro atoms. The van der Waals surface area contributed by atoms with Crippen molar-refractivity contribution in [1.29, 1.82) is 0 Å². The van der Waals surface area contributed by atoms with E-state index in [-0.39, 0.29) is 5.38 Å². The van der Waals surface area contributed by atoms with E-state index in [4.69, 9.17) is 16.0 Å². The topological polar surface area (TPSA) is 51.0 Å². The van der Waals surface area contributed by atoms with Crippen molar-refractivity contribution in [2.24, 2.45) is 0 Å². The molecule has 2 aromatic heterocycles. The van der Waals surface area contributed by atoms with Crippen LogP contribution in [0.1, 0.15) is 18.2 Å². The summed E-state index contributed by atoms with van der Waals surface area (Å²) in [5, 5.41) is 13.8. The van der Waals surface area contributed by atoms with Crippen LogP contribution in [0.25, 0.3) is 10.1 Å². The summed E-state index contributed by atoms with van der Waals surface area (Å²) in [6, 6.07) is 8.51. The van der Waals surface area contributed by atoms with Gasteiger partial charge in [-0.15, -0.1) is 28.0 Å². The van der Waals surface area contributed by atoms with Gasteiger partial charge in [0.2, 0.25) is 5.89 Å². The van der Waals surface area contributed by atoms with Gasteiger partial charge in [-0.1, -0.05) is 5.10 Å². The van der Waals surface area contributed by atoms with E-state index in [2.05, 4.69) is 33.0 Å². The molecular weight excluding hydrogens is 270 g/mol. The van der Waals surface area contributed by atoms with Gasteiger partial charge in [0.15, 0.2) is 0 Å². The smallest absolute Gasteiger partial charge is 0.320 e. The van der Waals surface area contributed by atoms with Gasteiger partial charge in [0.1, 0.15) is 5.38 Å². The third-order valence-corrected chi connectivity index (χ3v) is 3.57. The van der Waals surface area contributed by atoms with Gasteiger partial charge in [-0.3, -0.25) is 0 Å². The molecule has 3 rings (SSSR count). The van der Waals surface area contributed by atoms with Gasteiger partial charge in [-0.05, 0) is 42.0 Å². The van der Waals surface area contributed by atoms with Crippen LogP contribution in [-0.2, 0) is 0 Å². The Kier molecular flexibility index (Phi) is 2.93. The Bertz CT molecular complexity index is 677. The number of aromatic nitrogens is 2. The third-order valence-electron chi connectivity index (χ3n) is 2.48. The van der Waals surface area contributed by atoms with Crippen LogP contribution in [0.5, 0.6) is 0 Å². The van der Waals surface area contributed by atoms with Crippen LogP contribution in [0.2, 0.25) is 0 Å². The van der Waals surface area contributed by atoms with Gasteiger partial charge in [-0.2, -0.15) is 0 Å². The molecule has 1 aromatic carbocycles. The minimum Gasteiger partial charge on any atom is -0.406 e. The first-order chi connectivity index (χ1) is 8.72. The largest absolute Gasteiger partial charge is 0.406 e. The van der Waals surface area contributed by atoms with Crippen LogP contribution in [0.3, 0.4) is 0 Å². The van der Waals surface area contributed by atoms with Crippen LogP contribution in [0.15, 0.2) is 34.1 Å². The molecule has 0 amide bonds. The van der Waals surface area contributed by atoms with Crippen molar-refractivity contribution in [2.45, 2.75) is 12.3 Å². The molecule has 6 heteroatoms. The summed E-state index contributed by atoms with van der Waals surface area (Å²) in [4.78, 5) is 0. The molecule has 0 saturated carbocycles. The fraction of sp³-hybridized carbons (Fsp3) is 0.167. The van der Waals surface area contributed by atoms with E-state index in [1.807, 2.05) is 12.1 Å². The van der Waals surface area contributed by atoms with Crippen LogP contribution >= 0.6 is 22.9 Å². The van der Waals surface area contributed by atoms with Crippen molar-refractivity contribution in [3.8, 4) is 0 Å². The summed E-state index contributed by atoms with van der Waals surface area (Å²) < 4.78 is 6.63. The number of nitrogens with one attached hydrogen (secondary N) is 1. The van der Waals surface area contributed by atoms with Gasteiger partial charge >= 0.3 is 6.01 Å². The predicted octanol–water partition coefficient (Wildman–Crippen LogP) is 4.33.